The highest BCUT2D eigenvalue weighted by Gasteiger charge is 2.45. The van der Waals surface area contributed by atoms with Gasteiger partial charge in [-0.2, -0.15) is 5.26 Å². The predicted molar refractivity (Wildman–Crippen MR) is 147 cm³/mol. The van der Waals surface area contributed by atoms with Gasteiger partial charge in [-0.25, -0.2) is 0 Å². The Hall–Kier alpha value is -4.10. The summed E-state index contributed by atoms with van der Waals surface area (Å²) in [4.78, 5) is 28.5. The zero-order chi connectivity index (χ0) is 28.8. The molecule has 0 bridgehead atoms. The number of para-hydroxylation sites is 1. The quantitative estimate of drug-likeness (QED) is 0.448. The second-order valence-electron chi connectivity index (χ2n) is 11.2. The second-order valence-corrected chi connectivity index (χ2v) is 11.2. The second kappa shape index (κ2) is 10.1. The molecule has 2 aromatic carbocycles. The Morgan fingerprint density at radius 1 is 1.25 bits per heavy atom. The van der Waals surface area contributed by atoms with Gasteiger partial charge in [-0.15, -0.1) is 0 Å². The Bertz CT molecular complexity index is 1390. The molecule has 3 heterocycles. The molecule has 210 valence electrons. The molecule has 5 rings (SSSR count). The van der Waals surface area contributed by atoms with Crippen LogP contribution in [-0.2, 0) is 4.79 Å². The number of ether oxygens (including phenoxy) is 2. The molecule has 3 atom stereocenters. The van der Waals surface area contributed by atoms with E-state index in [0.29, 0.717) is 41.9 Å². The number of benzene rings is 2. The number of hydrogen-bond donors (Lipinski definition) is 4. The number of nitriles is 1. The molecule has 0 spiro atoms. The van der Waals surface area contributed by atoms with E-state index in [1.165, 1.54) is 11.0 Å². The van der Waals surface area contributed by atoms with Gasteiger partial charge in [0.2, 0.25) is 5.91 Å². The van der Waals surface area contributed by atoms with Crippen molar-refractivity contribution in [1.82, 2.24) is 15.5 Å². The minimum absolute atomic E-state index is 0.00956. The summed E-state index contributed by atoms with van der Waals surface area (Å²) in [7, 11) is 0. The summed E-state index contributed by atoms with van der Waals surface area (Å²) in [5, 5.41) is 35.9. The smallest absolute Gasteiger partial charge is 0.251 e. The van der Waals surface area contributed by atoms with E-state index < -0.39 is 35.2 Å². The highest BCUT2D eigenvalue weighted by atomic mass is 16.5. The lowest BCUT2D eigenvalue weighted by atomic mass is 9.85. The van der Waals surface area contributed by atoms with Crippen LogP contribution in [0.1, 0.15) is 92.5 Å². The van der Waals surface area contributed by atoms with Crippen molar-refractivity contribution in [2.24, 2.45) is 0 Å². The summed E-state index contributed by atoms with van der Waals surface area (Å²) in [6.45, 7) is 7.77. The van der Waals surface area contributed by atoms with Gasteiger partial charge in [0.15, 0.2) is 5.96 Å². The van der Waals surface area contributed by atoms with Gasteiger partial charge < -0.3 is 25.2 Å². The molecule has 2 aromatic rings. The largest absolute Gasteiger partial charge is 0.492 e. The van der Waals surface area contributed by atoms with Crippen LogP contribution in [0.2, 0.25) is 0 Å². The molecule has 3 aliphatic heterocycles. The van der Waals surface area contributed by atoms with E-state index in [1.807, 2.05) is 26.0 Å². The first kappa shape index (κ1) is 27.5. The number of hydrogen-bond acceptors (Lipinski definition) is 7. The Labute approximate surface area is 233 Å². The van der Waals surface area contributed by atoms with Crippen LogP contribution in [0, 0.1) is 16.7 Å². The molecule has 0 unspecified atom stereocenters. The first-order valence-electron chi connectivity index (χ1n) is 13.7. The number of guanidine groups is 1. The summed E-state index contributed by atoms with van der Waals surface area (Å²) in [5.74, 6) is 0.230. The van der Waals surface area contributed by atoms with E-state index in [9.17, 15) is 20.0 Å². The predicted octanol–water partition coefficient (Wildman–Crippen LogP) is 3.70. The first-order chi connectivity index (χ1) is 19.0. The Morgan fingerprint density at radius 3 is 2.65 bits per heavy atom. The Balaban J connectivity index is 1.50. The fraction of sp³-hybridized carbons (Fsp3) is 0.467. The molecule has 4 N–H and O–H groups in total. The third kappa shape index (κ3) is 4.54. The Kier molecular flexibility index (Phi) is 6.96. The van der Waals surface area contributed by atoms with Crippen molar-refractivity contribution >= 4 is 17.8 Å². The maximum Gasteiger partial charge on any atom is 0.251 e. The van der Waals surface area contributed by atoms with E-state index >= 15 is 0 Å². The highest BCUT2D eigenvalue weighted by Crippen LogP contribution is 2.42. The molecule has 0 saturated carbocycles. The zero-order valence-corrected chi connectivity index (χ0v) is 23.2. The minimum atomic E-state index is -1.04. The average molecular weight is 546 g/mol. The van der Waals surface area contributed by atoms with E-state index in [2.05, 4.69) is 16.7 Å². The number of fused-ring (bicyclic) bond motifs is 2. The number of aliphatic hydroxyl groups is 1. The van der Waals surface area contributed by atoms with Gasteiger partial charge >= 0.3 is 0 Å². The SMILES string of the molecule is CCC1(CC)CC(=O)N([C@@H]2CCOc3c(C#N)cc(C(=O)N[C@@H]4c5ccccc5OC(C)(C)[C@H]4O)cc32)C(=N)N1. The number of aliphatic hydroxyl groups excluding tert-OH is 1. The summed E-state index contributed by atoms with van der Waals surface area (Å²) in [6, 6.07) is 11.1. The van der Waals surface area contributed by atoms with Crippen molar-refractivity contribution in [2.75, 3.05) is 6.61 Å². The van der Waals surface area contributed by atoms with Gasteiger partial charge in [-0.1, -0.05) is 32.0 Å². The number of carbonyl (C=O) groups excluding carboxylic acids is 2. The van der Waals surface area contributed by atoms with Crippen molar-refractivity contribution in [2.45, 2.75) is 82.7 Å². The summed E-state index contributed by atoms with van der Waals surface area (Å²) in [5.41, 5.74) is 0.0985. The maximum absolute atomic E-state index is 13.7. The van der Waals surface area contributed by atoms with E-state index in [4.69, 9.17) is 14.9 Å². The van der Waals surface area contributed by atoms with Crippen LogP contribution in [0.15, 0.2) is 36.4 Å². The van der Waals surface area contributed by atoms with Crippen molar-refractivity contribution in [1.29, 1.82) is 10.7 Å². The molecule has 40 heavy (non-hydrogen) atoms. The van der Waals surface area contributed by atoms with Gasteiger partial charge in [0.05, 0.1) is 30.7 Å². The number of amides is 2. The van der Waals surface area contributed by atoms with Crippen LogP contribution < -0.4 is 20.1 Å². The zero-order valence-electron chi connectivity index (χ0n) is 23.2. The monoisotopic (exact) mass is 545 g/mol. The third-order valence-electron chi connectivity index (χ3n) is 8.49. The van der Waals surface area contributed by atoms with Crippen LogP contribution in [0.5, 0.6) is 11.5 Å². The average Bonchev–Trinajstić information content (AvgIpc) is 2.94. The molecule has 2 amide bonds. The van der Waals surface area contributed by atoms with Gasteiger partial charge in [0.1, 0.15) is 29.3 Å². The Morgan fingerprint density at radius 2 is 1.98 bits per heavy atom. The van der Waals surface area contributed by atoms with Crippen molar-refractivity contribution in [3.05, 3.63) is 58.7 Å². The molecule has 1 fully saturated rings. The number of nitrogens with one attached hydrogen (secondary N) is 3. The molecule has 0 aliphatic carbocycles. The summed E-state index contributed by atoms with van der Waals surface area (Å²) in [6.07, 6.45) is 1.03. The van der Waals surface area contributed by atoms with Gasteiger partial charge in [0.25, 0.3) is 5.91 Å². The van der Waals surface area contributed by atoms with Crippen LogP contribution in [0.25, 0.3) is 0 Å². The lowest BCUT2D eigenvalue weighted by Gasteiger charge is -2.45. The van der Waals surface area contributed by atoms with Crippen molar-refractivity contribution in [3.8, 4) is 17.6 Å². The summed E-state index contributed by atoms with van der Waals surface area (Å²) >= 11 is 0. The van der Waals surface area contributed by atoms with Gasteiger partial charge in [0, 0.05) is 28.7 Å². The molecule has 3 aliphatic rings. The van der Waals surface area contributed by atoms with Gasteiger partial charge in [-0.3, -0.25) is 19.9 Å². The normalized spacial score (nSPS) is 24.4. The van der Waals surface area contributed by atoms with Crippen LogP contribution in [0.3, 0.4) is 0 Å². The van der Waals surface area contributed by atoms with Gasteiger partial charge in [-0.05, 0) is 44.9 Å². The first-order valence-corrected chi connectivity index (χ1v) is 13.7. The standard InChI is InChI=1S/C30H35N5O5/c1-5-30(6-2)15-23(36)35(28(32)34-30)21-11-12-39-25-18(16-31)13-17(14-20(21)25)27(38)33-24-19-9-7-8-10-22(19)40-29(3,4)26(24)37/h7-10,13-14,21,24,26,37H,5-6,11-12,15H2,1-4H3,(H2,32,34)(H,33,38)/t21-,24-,26+/m1/s1. The maximum atomic E-state index is 13.7. The topological polar surface area (TPSA) is 148 Å². The summed E-state index contributed by atoms with van der Waals surface area (Å²) < 4.78 is 11.8. The number of rotatable bonds is 5. The molecule has 1 saturated heterocycles. The fourth-order valence-electron chi connectivity index (χ4n) is 5.96. The molecule has 10 heteroatoms. The van der Waals surface area contributed by atoms with Crippen LogP contribution in [-0.4, -0.2) is 51.6 Å². The molecular weight excluding hydrogens is 510 g/mol. The lowest BCUT2D eigenvalue weighted by molar-refractivity contribution is -0.133. The molecular formula is C30H35N5O5. The number of nitrogens with zero attached hydrogens (tertiary/aromatic N) is 2. The van der Waals surface area contributed by atoms with E-state index in [0.717, 1.165) is 0 Å². The molecule has 0 aromatic heterocycles. The third-order valence-corrected chi connectivity index (χ3v) is 8.49. The fourth-order valence-corrected chi connectivity index (χ4v) is 5.96. The van der Waals surface area contributed by atoms with Crippen molar-refractivity contribution < 1.29 is 24.2 Å². The van der Waals surface area contributed by atoms with E-state index in [-0.39, 0.29) is 36.0 Å². The van der Waals surface area contributed by atoms with Crippen molar-refractivity contribution in [3.63, 3.8) is 0 Å². The lowest BCUT2D eigenvalue weighted by Crippen LogP contribution is -2.62. The van der Waals surface area contributed by atoms with Crippen LogP contribution >= 0.6 is 0 Å². The van der Waals surface area contributed by atoms with E-state index in [1.54, 1.807) is 32.0 Å². The molecule has 10 nitrogen and oxygen atoms in total. The minimum Gasteiger partial charge on any atom is -0.492 e. The number of carbonyl (C=O) groups is 2. The van der Waals surface area contributed by atoms with Crippen LogP contribution in [0.4, 0.5) is 0 Å². The molecule has 0 radical (unpaired) electrons. The highest BCUT2D eigenvalue weighted by molar-refractivity contribution is 6.00.